The molecule has 0 aliphatic rings. The van der Waals surface area contributed by atoms with Gasteiger partial charge in [-0.25, -0.2) is 0 Å². The Hall–Kier alpha value is -0.730. The second kappa shape index (κ2) is 7.65. The second-order valence-corrected chi connectivity index (χ2v) is 3.55. The molecule has 0 saturated carbocycles. The molecule has 78 valence electrons. The van der Waals surface area contributed by atoms with E-state index < -0.39 is 0 Å². The fourth-order valence-corrected chi connectivity index (χ4v) is 1.35. The molecule has 0 saturated heterocycles. The zero-order valence-corrected chi connectivity index (χ0v) is 10.0. The molecule has 0 radical (unpaired) electrons. The molecule has 0 atom stereocenters. The summed E-state index contributed by atoms with van der Waals surface area (Å²) in [5.41, 5.74) is 8.04. The Morgan fingerprint density at radius 3 is 2.14 bits per heavy atom. The Labute approximate surface area is 92.3 Å². The van der Waals surface area contributed by atoms with Gasteiger partial charge in [0.05, 0.1) is 0 Å². The van der Waals surface area contributed by atoms with Crippen LogP contribution >= 0.6 is 12.2 Å². The van der Waals surface area contributed by atoms with Crippen molar-refractivity contribution in [3.8, 4) is 0 Å². The summed E-state index contributed by atoms with van der Waals surface area (Å²) in [6.07, 6.45) is 0.864. The average molecular weight is 209 g/mol. The molecule has 0 amide bonds. The van der Waals surface area contributed by atoms with Gasteiger partial charge in [-0.3, -0.25) is 0 Å². The van der Waals surface area contributed by atoms with E-state index in [1.165, 1.54) is 11.1 Å². The monoisotopic (exact) mass is 209 g/mol. The number of rotatable bonds is 3. The summed E-state index contributed by atoms with van der Waals surface area (Å²) in [7, 11) is 0. The summed E-state index contributed by atoms with van der Waals surface area (Å²) < 4.78 is 0. The average Bonchev–Trinajstić information content (AvgIpc) is 2.21. The first-order chi connectivity index (χ1) is 6.74. The Morgan fingerprint density at radius 2 is 1.71 bits per heavy atom. The van der Waals surface area contributed by atoms with Gasteiger partial charge >= 0.3 is 0 Å². The van der Waals surface area contributed by atoms with E-state index in [9.17, 15) is 0 Å². The Balaban J connectivity index is 0.000000791. The number of hydrogen-bond acceptors (Lipinski definition) is 2. The second-order valence-electron chi connectivity index (χ2n) is 2.85. The molecule has 1 rings (SSSR count). The highest BCUT2D eigenvalue weighted by atomic mass is 32.1. The van der Waals surface area contributed by atoms with Gasteiger partial charge in [-0.05, 0) is 22.9 Å². The fourth-order valence-electron chi connectivity index (χ4n) is 1.20. The first-order valence-corrected chi connectivity index (χ1v) is 5.41. The lowest BCUT2D eigenvalue weighted by molar-refractivity contribution is 1.04. The van der Waals surface area contributed by atoms with Crippen LogP contribution in [0.5, 0.6) is 0 Å². The maximum Gasteiger partial charge on any atom is 0.0180 e. The predicted molar refractivity (Wildman–Crippen MR) is 67.7 cm³/mol. The Bertz CT molecular complexity index is 281. The maximum absolute atomic E-state index is 5.58. The van der Waals surface area contributed by atoms with Gasteiger partial charge in [0.15, 0.2) is 0 Å². The summed E-state index contributed by atoms with van der Waals surface area (Å²) in [5, 5.41) is 0. The van der Waals surface area contributed by atoms with Crippen LogP contribution in [0, 0.1) is 0 Å². The lowest BCUT2D eigenvalue weighted by Crippen LogP contribution is -2.03. The zero-order chi connectivity index (χ0) is 11.0. The summed E-state index contributed by atoms with van der Waals surface area (Å²) in [6.45, 7) is 6.56. The lowest BCUT2D eigenvalue weighted by atomic mass is 10.0. The van der Waals surface area contributed by atoms with Crippen molar-refractivity contribution in [1.29, 1.82) is 0 Å². The molecule has 1 aromatic rings. The van der Waals surface area contributed by atoms with Crippen molar-refractivity contribution < 1.29 is 0 Å². The van der Waals surface area contributed by atoms with Gasteiger partial charge in [-0.2, -0.15) is 0 Å². The van der Waals surface area contributed by atoms with Crippen molar-refractivity contribution in [3.63, 3.8) is 0 Å². The lowest BCUT2D eigenvalue weighted by Gasteiger charge is -2.05. The van der Waals surface area contributed by atoms with E-state index in [2.05, 4.69) is 6.07 Å². The van der Waals surface area contributed by atoms with Crippen molar-refractivity contribution in [1.82, 2.24) is 0 Å². The van der Waals surface area contributed by atoms with Gasteiger partial charge in [0, 0.05) is 13.0 Å². The molecular formula is C12H19NS. The molecule has 14 heavy (non-hydrogen) atoms. The molecule has 2 N–H and O–H groups in total. The molecule has 1 aromatic carbocycles. The van der Waals surface area contributed by atoms with Crippen LogP contribution in [-0.2, 0) is 13.0 Å². The largest absolute Gasteiger partial charge is 0.326 e. The van der Waals surface area contributed by atoms with E-state index in [1.807, 2.05) is 39.0 Å². The van der Waals surface area contributed by atoms with Crippen molar-refractivity contribution in [2.24, 2.45) is 5.73 Å². The van der Waals surface area contributed by atoms with E-state index >= 15 is 0 Å². The van der Waals surface area contributed by atoms with Gasteiger partial charge in [0.1, 0.15) is 0 Å². The third-order valence-electron chi connectivity index (χ3n) is 1.78. The van der Waals surface area contributed by atoms with Crippen molar-refractivity contribution in [3.05, 3.63) is 35.4 Å². The van der Waals surface area contributed by atoms with Gasteiger partial charge in [-0.15, -0.1) is 0 Å². The summed E-state index contributed by atoms with van der Waals surface area (Å²) >= 11 is 5.04. The molecule has 0 unspecified atom stereocenters. The predicted octanol–water partition coefficient (Wildman–Crippen LogP) is 3.10. The number of thiocarbonyl (C=S) groups is 1. The van der Waals surface area contributed by atoms with Crippen LogP contribution in [0.15, 0.2) is 24.3 Å². The highest BCUT2D eigenvalue weighted by Gasteiger charge is 1.99. The molecule has 2 heteroatoms. The molecule has 0 aliphatic carbocycles. The minimum Gasteiger partial charge on any atom is -0.326 e. The van der Waals surface area contributed by atoms with Crippen LogP contribution in [-0.4, -0.2) is 4.86 Å². The molecule has 1 nitrogen and oxygen atoms in total. The third kappa shape index (κ3) is 4.49. The highest BCUT2D eigenvalue weighted by molar-refractivity contribution is 7.80. The standard InChI is InChI=1S/C10H13NS.C2H6/c1-8(12)6-9-4-2-3-5-10(9)7-11;1-2/h2-5H,6-7,11H2,1H3;1-2H3. The SMILES string of the molecule is CC.CC(=S)Cc1ccccc1CN. The normalized spacial score (nSPS) is 8.86. The molecule has 0 heterocycles. The van der Waals surface area contributed by atoms with Gasteiger partial charge in [0.2, 0.25) is 0 Å². The first kappa shape index (κ1) is 13.3. The van der Waals surface area contributed by atoms with Crippen LogP contribution in [0.25, 0.3) is 0 Å². The van der Waals surface area contributed by atoms with Crippen molar-refractivity contribution >= 4 is 17.1 Å². The Kier molecular flexibility index (Phi) is 7.25. The number of hydrogen-bond donors (Lipinski definition) is 1. The van der Waals surface area contributed by atoms with Crippen LogP contribution < -0.4 is 5.73 Å². The maximum atomic E-state index is 5.58. The minimum atomic E-state index is 0.596. The first-order valence-electron chi connectivity index (χ1n) is 5.00. The molecule has 0 aromatic heterocycles. The highest BCUT2D eigenvalue weighted by Crippen LogP contribution is 2.09. The molecule has 0 bridgehead atoms. The van der Waals surface area contributed by atoms with Crippen LogP contribution in [0.2, 0.25) is 0 Å². The number of benzene rings is 1. The molecule has 0 aliphatic heterocycles. The smallest absolute Gasteiger partial charge is 0.0180 e. The fraction of sp³-hybridized carbons (Fsp3) is 0.417. The van der Waals surface area contributed by atoms with Gasteiger partial charge < -0.3 is 5.73 Å². The topological polar surface area (TPSA) is 26.0 Å². The van der Waals surface area contributed by atoms with E-state index in [4.69, 9.17) is 18.0 Å². The van der Waals surface area contributed by atoms with Gasteiger partial charge in [-0.1, -0.05) is 50.3 Å². The summed E-state index contributed by atoms with van der Waals surface area (Å²) in [4.78, 5) is 1.01. The van der Waals surface area contributed by atoms with E-state index in [0.717, 1.165) is 11.3 Å². The van der Waals surface area contributed by atoms with Crippen molar-refractivity contribution in [2.75, 3.05) is 0 Å². The third-order valence-corrected chi connectivity index (χ3v) is 1.92. The quantitative estimate of drug-likeness (QED) is 0.774. The zero-order valence-electron chi connectivity index (χ0n) is 9.21. The van der Waals surface area contributed by atoms with Crippen LogP contribution in [0.3, 0.4) is 0 Å². The molecular weight excluding hydrogens is 190 g/mol. The van der Waals surface area contributed by atoms with E-state index in [-0.39, 0.29) is 0 Å². The number of nitrogens with two attached hydrogens (primary N) is 1. The molecule has 0 fully saturated rings. The summed E-state index contributed by atoms with van der Waals surface area (Å²) in [5.74, 6) is 0. The minimum absolute atomic E-state index is 0.596. The van der Waals surface area contributed by atoms with Crippen LogP contribution in [0.1, 0.15) is 31.9 Å². The van der Waals surface area contributed by atoms with Crippen LogP contribution in [0.4, 0.5) is 0 Å². The van der Waals surface area contributed by atoms with E-state index in [0.29, 0.717) is 6.54 Å². The van der Waals surface area contributed by atoms with Crippen molar-refractivity contribution in [2.45, 2.75) is 33.7 Å². The summed E-state index contributed by atoms with van der Waals surface area (Å²) in [6, 6.07) is 8.16. The Morgan fingerprint density at radius 1 is 1.21 bits per heavy atom. The molecule has 0 spiro atoms. The van der Waals surface area contributed by atoms with Gasteiger partial charge in [0.25, 0.3) is 0 Å². The van der Waals surface area contributed by atoms with E-state index in [1.54, 1.807) is 0 Å².